The lowest BCUT2D eigenvalue weighted by atomic mass is 9.94. The van der Waals surface area contributed by atoms with Gasteiger partial charge in [0, 0.05) is 49.5 Å². The van der Waals surface area contributed by atoms with Crippen molar-refractivity contribution < 1.29 is 9.59 Å². The number of benzene rings is 2. The van der Waals surface area contributed by atoms with Gasteiger partial charge >= 0.3 is 6.03 Å². The van der Waals surface area contributed by atoms with E-state index in [-0.39, 0.29) is 17.5 Å². The van der Waals surface area contributed by atoms with Gasteiger partial charge in [-0.2, -0.15) is 0 Å². The number of nitrogens with one attached hydrogen (secondary N) is 2. The molecule has 3 amide bonds. The number of carbonyl (C=O) groups excluding carboxylic acids is 2. The molecular formula is C23H28N4O2. The summed E-state index contributed by atoms with van der Waals surface area (Å²) in [5, 5.41) is 5.87. The predicted molar refractivity (Wildman–Crippen MR) is 114 cm³/mol. The fraction of sp³-hybridized carbons (Fsp3) is 0.391. The predicted octanol–water partition coefficient (Wildman–Crippen LogP) is 2.78. The molecule has 2 aromatic carbocycles. The van der Waals surface area contributed by atoms with Crippen LogP contribution in [0.25, 0.3) is 0 Å². The van der Waals surface area contributed by atoms with Crippen LogP contribution in [-0.2, 0) is 13.0 Å². The van der Waals surface area contributed by atoms with Gasteiger partial charge in [0.15, 0.2) is 0 Å². The molecule has 0 saturated carbocycles. The third kappa shape index (κ3) is 4.12. The second-order valence-electron chi connectivity index (χ2n) is 8.37. The van der Waals surface area contributed by atoms with Crippen LogP contribution in [0.2, 0.25) is 0 Å². The molecule has 0 aromatic heterocycles. The fourth-order valence-electron chi connectivity index (χ4n) is 4.03. The van der Waals surface area contributed by atoms with Crippen molar-refractivity contribution in [1.82, 2.24) is 15.5 Å². The molecule has 0 radical (unpaired) electrons. The number of hydrogen-bond acceptors (Lipinski definition) is 3. The molecule has 0 bridgehead atoms. The van der Waals surface area contributed by atoms with E-state index >= 15 is 0 Å². The number of fused-ring (bicyclic) bond motifs is 1. The highest BCUT2D eigenvalue weighted by molar-refractivity contribution is 5.97. The molecule has 152 valence electrons. The highest BCUT2D eigenvalue weighted by Crippen LogP contribution is 2.25. The van der Waals surface area contributed by atoms with Crippen molar-refractivity contribution in [3.63, 3.8) is 0 Å². The molecular weight excluding hydrogens is 364 g/mol. The monoisotopic (exact) mass is 392 g/mol. The summed E-state index contributed by atoms with van der Waals surface area (Å²) in [4.78, 5) is 28.5. The van der Waals surface area contributed by atoms with E-state index in [2.05, 4.69) is 53.6 Å². The SMILES string of the molecule is CC(C)(CNC(=O)c1ccc(N2CCNC2=O)cc1)N1CCc2ccccc2C1. The fourth-order valence-corrected chi connectivity index (χ4v) is 4.03. The van der Waals surface area contributed by atoms with Crippen molar-refractivity contribution in [2.45, 2.75) is 32.4 Å². The molecule has 4 rings (SSSR count). The van der Waals surface area contributed by atoms with E-state index in [1.54, 1.807) is 17.0 Å². The quantitative estimate of drug-likeness (QED) is 0.822. The molecule has 6 nitrogen and oxygen atoms in total. The zero-order valence-electron chi connectivity index (χ0n) is 17.1. The molecule has 2 aliphatic rings. The molecule has 0 unspecified atom stereocenters. The zero-order chi connectivity index (χ0) is 20.4. The van der Waals surface area contributed by atoms with Crippen molar-refractivity contribution >= 4 is 17.6 Å². The molecule has 2 aliphatic heterocycles. The molecule has 0 spiro atoms. The average Bonchev–Trinajstić information content (AvgIpc) is 3.17. The molecule has 6 heteroatoms. The first-order valence-electron chi connectivity index (χ1n) is 10.2. The molecule has 1 saturated heterocycles. The minimum atomic E-state index is -0.142. The molecule has 2 aromatic rings. The molecule has 0 atom stereocenters. The second-order valence-corrected chi connectivity index (χ2v) is 8.37. The van der Waals surface area contributed by atoms with Gasteiger partial charge in [-0.25, -0.2) is 4.79 Å². The Balaban J connectivity index is 1.35. The van der Waals surface area contributed by atoms with Gasteiger partial charge in [-0.3, -0.25) is 14.6 Å². The zero-order valence-corrected chi connectivity index (χ0v) is 17.1. The lowest BCUT2D eigenvalue weighted by Crippen LogP contribution is -2.53. The maximum Gasteiger partial charge on any atom is 0.321 e. The lowest BCUT2D eigenvalue weighted by Gasteiger charge is -2.41. The second kappa shape index (κ2) is 7.87. The Hall–Kier alpha value is -2.86. The van der Waals surface area contributed by atoms with Crippen LogP contribution in [0.4, 0.5) is 10.5 Å². The van der Waals surface area contributed by atoms with Gasteiger partial charge in [0.1, 0.15) is 0 Å². The van der Waals surface area contributed by atoms with Crippen LogP contribution in [0.5, 0.6) is 0 Å². The number of urea groups is 1. The first kappa shape index (κ1) is 19.5. The highest BCUT2D eigenvalue weighted by atomic mass is 16.2. The number of rotatable bonds is 5. The van der Waals surface area contributed by atoms with E-state index in [9.17, 15) is 9.59 Å². The van der Waals surface area contributed by atoms with E-state index in [0.29, 0.717) is 25.2 Å². The van der Waals surface area contributed by atoms with Crippen molar-refractivity contribution in [3.8, 4) is 0 Å². The maximum atomic E-state index is 12.6. The van der Waals surface area contributed by atoms with Gasteiger partial charge in [0.05, 0.1) is 0 Å². The van der Waals surface area contributed by atoms with Gasteiger partial charge in [0.25, 0.3) is 5.91 Å². The minimum Gasteiger partial charge on any atom is -0.350 e. The van der Waals surface area contributed by atoms with E-state index < -0.39 is 0 Å². The summed E-state index contributed by atoms with van der Waals surface area (Å²) in [7, 11) is 0. The summed E-state index contributed by atoms with van der Waals surface area (Å²) >= 11 is 0. The summed E-state index contributed by atoms with van der Waals surface area (Å²) in [5.74, 6) is -0.0899. The van der Waals surface area contributed by atoms with Crippen LogP contribution in [0.15, 0.2) is 48.5 Å². The summed E-state index contributed by atoms with van der Waals surface area (Å²) in [6, 6.07) is 15.7. The summed E-state index contributed by atoms with van der Waals surface area (Å²) in [6.45, 7) is 8.13. The lowest BCUT2D eigenvalue weighted by molar-refractivity contribution is 0.0826. The van der Waals surface area contributed by atoms with Crippen LogP contribution in [0, 0.1) is 0 Å². The number of anilines is 1. The van der Waals surface area contributed by atoms with Gasteiger partial charge in [-0.15, -0.1) is 0 Å². The Labute approximate surface area is 171 Å². The normalized spacial score (nSPS) is 17.0. The third-order valence-electron chi connectivity index (χ3n) is 5.97. The third-order valence-corrected chi connectivity index (χ3v) is 5.97. The molecule has 2 N–H and O–H groups in total. The first-order valence-corrected chi connectivity index (χ1v) is 10.2. The molecule has 0 aliphatic carbocycles. The molecule has 1 fully saturated rings. The Morgan fingerprint density at radius 1 is 1.07 bits per heavy atom. The Morgan fingerprint density at radius 3 is 2.48 bits per heavy atom. The number of carbonyl (C=O) groups is 2. The highest BCUT2D eigenvalue weighted by Gasteiger charge is 2.30. The van der Waals surface area contributed by atoms with Crippen LogP contribution >= 0.6 is 0 Å². The van der Waals surface area contributed by atoms with E-state index in [0.717, 1.165) is 25.2 Å². The van der Waals surface area contributed by atoms with Gasteiger partial charge in [-0.05, 0) is 55.7 Å². The van der Waals surface area contributed by atoms with E-state index in [4.69, 9.17) is 0 Å². The van der Waals surface area contributed by atoms with Crippen molar-refractivity contribution in [2.75, 3.05) is 31.1 Å². The first-order chi connectivity index (χ1) is 13.9. The number of amides is 3. The van der Waals surface area contributed by atoms with Gasteiger partial charge in [-0.1, -0.05) is 24.3 Å². The Kier molecular flexibility index (Phi) is 5.28. The van der Waals surface area contributed by atoms with E-state index in [1.807, 2.05) is 12.1 Å². The van der Waals surface area contributed by atoms with Crippen LogP contribution < -0.4 is 15.5 Å². The van der Waals surface area contributed by atoms with Crippen LogP contribution in [0.1, 0.15) is 35.3 Å². The van der Waals surface area contributed by atoms with Crippen LogP contribution in [0.3, 0.4) is 0 Å². The van der Waals surface area contributed by atoms with E-state index in [1.165, 1.54) is 11.1 Å². The largest absolute Gasteiger partial charge is 0.350 e. The minimum absolute atomic E-state index is 0.0899. The van der Waals surface area contributed by atoms with Crippen molar-refractivity contribution in [2.24, 2.45) is 0 Å². The summed E-state index contributed by atoms with van der Waals surface area (Å²) in [5.41, 5.74) is 4.07. The van der Waals surface area contributed by atoms with Crippen molar-refractivity contribution in [3.05, 3.63) is 65.2 Å². The standard InChI is InChI=1S/C23H28N4O2/c1-23(2,26-13-11-17-5-3-4-6-19(17)15-26)16-25-21(28)18-7-9-20(10-8-18)27-14-12-24-22(27)29/h3-10H,11-16H2,1-2H3,(H,24,29)(H,25,28). The molecule has 29 heavy (non-hydrogen) atoms. The van der Waals surface area contributed by atoms with Crippen molar-refractivity contribution in [1.29, 1.82) is 0 Å². The Morgan fingerprint density at radius 2 is 1.79 bits per heavy atom. The smallest absolute Gasteiger partial charge is 0.321 e. The van der Waals surface area contributed by atoms with Crippen LogP contribution in [-0.4, -0.2) is 48.6 Å². The van der Waals surface area contributed by atoms with Gasteiger partial charge < -0.3 is 10.6 Å². The summed E-state index contributed by atoms with van der Waals surface area (Å²) < 4.78 is 0. The Bertz CT molecular complexity index is 907. The number of nitrogens with zero attached hydrogens (tertiary/aromatic N) is 2. The summed E-state index contributed by atoms with van der Waals surface area (Å²) in [6.07, 6.45) is 1.04. The van der Waals surface area contributed by atoms with Gasteiger partial charge in [0.2, 0.25) is 0 Å². The molecule has 2 heterocycles. The number of hydrogen-bond donors (Lipinski definition) is 2. The topological polar surface area (TPSA) is 64.7 Å². The average molecular weight is 393 g/mol. The maximum absolute atomic E-state index is 12.6.